The van der Waals surface area contributed by atoms with Crippen LogP contribution in [0.5, 0.6) is 0 Å². The second-order valence-corrected chi connectivity index (χ2v) is 17.6. The van der Waals surface area contributed by atoms with Crippen LogP contribution in [0, 0.1) is 0 Å². The third kappa shape index (κ3) is 30.0. The normalized spacial score (nSPS) is 20.8. The maximum atomic E-state index is 13.0. The summed E-state index contributed by atoms with van der Waals surface area (Å²) in [5.41, 5.74) is 0. The summed E-state index contributed by atoms with van der Waals surface area (Å²) < 4.78 is 11.3. The summed E-state index contributed by atoms with van der Waals surface area (Å²) in [5.74, 6) is -0.150. The van der Waals surface area contributed by atoms with Crippen molar-refractivity contribution in [2.75, 3.05) is 13.2 Å². The predicted octanol–water partition coefficient (Wildman–Crippen LogP) is 10.9. The van der Waals surface area contributed by atoms with Crippen LogP contribution in [0.4, 0.5) is 0 Å². The third-order valence-electron chi connectivity index (χ3n) is 12.1. The van der Waals surface area contributed by atoms with Gasteiger partial charge in [0.25, 0.3) is 0 Å². The Morgan fingerprint density at radius 1 is 0.569 bits per heavy atom. The van der Waals surface area contributed by atoms with E-state index < -0.39 is 49.5 Å². The summed E-state index contributed by atoms with van der Waals surface area (Å²) in [6, 6.07) is -0.730. The topological polar surface area (TPSA) is 149 Å². The number of allylic oxidation sites excluding steroid dienone is 2. The molecule has 58 heavy (non-hydrogen) atoms. The van der Waals surface area contributed by atoms with Crippen molar-refractivity contribution in [3.05, 3.63) is 12.2 Å². The van der Waals surface area contributed by atoms with Gasteiger partial charge in [-0.25, -0.2) is 0 Å². The van der Waals surface area contributed by atoms with Crippen molar-refractivity contribution in [3.63, 3.8) is 0 Å². The van der Waals surface area contributed by atoms with Crippen LogP contribution in [0.15, 0.2) is 12.2 Å². The highest BCUT2D eigenvalue weighted by Gasteiger charge is 2.44. The first kappa shape index (κ1) is 54.9. The highest BCUT2D eigenvalue weighted by Crippen LogP contribution is 2.23. The van der Waals surface area contributed by atoms with Gasteiger partial charge in [-0.3, -0.25) is 4.79 Å². The molecular formula is C49H95NO8. The van der Waals surface area contributed by atoms with E-state index >= 15 is 0 Å². The zero-order valence-corrected chi connectivity index (χ0v) is 37.8. The van der Waals surface area contributed by atoms with Gasteiger partial charge < -0.3 is 40.3 Å². The summed E-state index contributed by atoms with van der Waals surface area (Å²) in [4.78, 5) is 13.0. The molecule has 6 N–H and O–H groups in total. The second-order valence-electron chi connectivity index (χ2n) is 17.6. The Labute approximate surface area is 356 Å². The molecule has 0 radical (unpaired) electrons. The number of amides is 1. The van der Waals surface area contributed by atoms with Gasteiger partial charge in [0.1, 0.15) is 24.4 Å². The van der Waals surface area contributed by atoms with Crippen molar-refractivity contribution in [2.24, 2.45) is 0 Å². The fourth-order valence-electron chi connectivity index (χ4n) is 8.10. The Morgan fingerprint density at radius 2 is 0.966 bits per heavy atom. The van der Waals surface area contributed by atoms with Crippen LogP contribution < -0.4 is 5.32 Å². The Balaban J connectivity index is 2.29. The highest BCUT2D eigenvalue weighted by atomic mass is 16.7. The van der Waals surface area contributed by atoms with Crippen LogP contribution in [0.1, 0.15) is 239 Å². The van der Waals surface area contributed by atoms with Gasteiger partial charge in [0.05, 0.1) is 25.4 Å². The van der Waals surface area contributed by atoms with Gasteiger partial charge in [0.2, 0.25) is 5.91 Å². The number of carbonyl (C=O) groups excluding carboxylic acids is 1. The SMILES string of the molecule is CCCCCCCCCCCC/C=C/CCCC[C@@H](O)[C@H](CO[C@H]1O[C@@H](CO)[C@H](O)C(O)C1O)NC(=O)CCCCCCCCCCCCCCCCCCCCC. The van der Waals surface area contributed by atoms with E-state index in [1.807, 2.05) is 0 Å². The Bertz CT molecular complexity index is 919. The average molecular weight is 826 g/mol. The smallest absolute Gasteiger partial charge is 0.220 e. The molecular weight excluding hydrogens is 731 g/mol. The highest BCUT2D eigenvalue weighted by molar-refractivity contribution is 5.76. The van der Waals surface area contributed by atoms with E-state index in [2.05, 4.69) is 31.3 Å². The lowest BCUT2D eigenvalue weighted by Gasteiger charge is -2.40. The first-order valence-electron chi connectivity index (χ1n) is 24.9. The molecule has 1 amide bonds. The average Bonchev–Trinajstić information content (AvgIpc) is 3.22. The molecule has 2 unspecified atom stereocenters. The molecule has 0 bridgehead atoms. The number of hydrogen-bond donors (Lipinski definition) is 6. The maximum Gasteiger partial charge on any atom is 0.220 e. The van der Waals surface area contributed by atoms with E-state index in [0.717, 1.165) is 44.9 Å². The summed E-state index contributed by atoms with van der Waals surface area (Å²) in [5, 5.41) is 54.4. The fourth-order valence-corrected chi connectivity index (χ4v) is 8.10. The molecule has 0 spiro atoms. The molecule has 7 atom stereocenters. The van der Waals surface area contributed by atoms with Crippen LogP contribution in [0.3, 0.4) is 0 Å². The van der Waals surface area contributed by atoms with E-state index in [1.165, 1.54) is 167 Å². The third-order valence-corrected chi connectivity index (χ3v) is 12.1. The second kappa shape index (κ2) is 40.0. The van der Waals surface area contributed by atoms with Crippen LogP contribution in [-0.2, 0) is 14.3 Å². The molecule has 1 heterocycles. The molecule has 1 aliphatic rings. The molecule has 0 saturated carbocycles. The molecule has 9 heteroatoms. The minimum atomic E-state index is -1.55. The molecule has 0 aromatic rings. The van der Waals surface area contributed by atoms with Gasteiger partial charge in [-0.1, -0.05) is 206 Å². The number of hydrogen-bond acceptors (Lipinski definition) is 8. The lowest BCUT2D eigenvalue weighted by atomic mass is 9.99. The largest absolute Gasteiger partial charge is 0.394 e. The van der Waals surface area contributed by atoms with Gasteiger partial charge in [0, 0.05) is 6.42 Å². The number of ether oxygens (including phenoxy) is 2. The minimum absolute atomic E-state index is 0.145. The number of rotatable bonds is 42. The van der Waals surface area contributed by atoms with E-state index in [9.17, 15) is 30.3 Å². The van der Waals surface area contributed by atoms with Crippen molar-refractivity contribution in [1.82, 2.24) is 5.32 Å². The van der Waals surface area contributed by atoms with Gasteiger partial charge in [-0.15, -0.1) is 0 Å². The molecule has 1 fully saturated rings. The summed E-state index contributed by atoms with van der Waals surface area (Å²) in [6.07, 6.45) is 39.4. The predicted molar refractivity (Wildman–Crippen MR) is 240 cm³/mol. The number of carbonyl (C=O) groups is 1. The Morgan fingerprint density at radius 3 is 1.40 bits per heavy atom. The molecule has 1 saturated heterocycles. The summed E-state index contributed by atoms with van der Waals surface area (Å²) in [6.45, 7) is 3.84. The van der Waals surface area contributed by atoms with Crippen LogP contribution in [-0.4, -0.2) is 87.5 Å². The first-order valence-corrected chi connectivity index (χ1v) is 24.9. The van der Waals surface area contributed by atoms with Crippen LogP contribution >= 0.6 is 0 Å². The maximum absolute atomic E-state index is 13.0. The van der Waals surface area contributed by atoms with E-state index in [-0.39, 0.29) is 12.5 Å². The molecule has 0 aliphatic carbocycles. The molecule has 1 aliphatic heterocycles. The van der Waals surface area contributed by atoms with Gasteiger partial charge in [0.15, 0.2) is 6.29 Å². The molecule has 344 valence electrons. The fraction of sp³-hybridized carbons (Fsp3) is 0.939. The first-order chi connectivity index (χ1) is 28.3. The standard InChI is InChI=1S/C49H95NO8/c1-3-5-7-9-11-13-15-17-19-21-22-23-25-27-29-31-33-35-37-39-45(53)50-42(41-57-49-48(56)47(55)46(54)44(40-51)58-49)43(52)38-36-34-32-30-28-26-24-20-18-16-14-12-10-8-6-4-2/h28,30,42-44,46-49,51-52,54-56H,3-27,29,31-41H2,1-2H3,(H,50,53)/b30-28+/t42-,43+,44-,46-,47?,48?,49-/m0/s1. The summed E-state index contributed by atoms with van der Waals surface area (Å²) in [7, 11) is 0. The molecule has 0 aromatic heterocycles. The van der Waals surface area contributed by atoms with Crippen molar-refractivity contribution in [1.29, 1.82) is 0 Å². The lowest BCUT2D eigenvalue weighted by molar-refractivity contribution is -0.302. The van der Waals surface area contributed by atoms with E-state index in [4.69, 9.17) is 9.47 Å². The molecule has 9 nitrogen and oxygen atoms in total. The van der Waals surface area contributed by atoms with Gasteiger partial charge in [-0.05, 0) is 38.5 Å². The monoisotopic (exact) mass is 826 g/mol. The van der Waals surface area contributed by atoms with Crippen molar-refractivity contribution < 1.29 is 39.8 Å². The molecule has 1 rings (SSSR count). The number of aliphatic hydroxyl groups excluding tert-OH is 5. The lowest BCUT2D eigenvalue weighted by Crippen LogP contribution is -2.60. The summed E-state index contributed by atoms with van der Waals surface area (Å²) >= 11 is 0. The van der Waals surface area contributed by atoms with E-state index in [1.54, 1.807) is 0 Å². The van der Waals surface area contributed by atoms with Crippen LogP contribution in [0.2, 0.25) is 0 Å². The zero-order chi connectivity index (χ0) is 42.3. The van der Waals surface area contributed by atoms with Gasteiger partial charge >= 0.3 is 0 Å². The Hall–Kier alpha value is -1.07. The van der Waals surface area contributed by atoms with Crippen LogP contribution in [0.25, 0.3) is 0 Å². The Kier molecular flexibility index (Phi) is 37.9. The van der Waals surface area contributed by atoms with Crippen molar-refractivity contribution in [3.8, 4) is 0 Å². The number of unbranched alkanes of at least 4 members (excludes halogenated alkanes) is 30. The van der Waals surface area contributed by atoms with Crippen molar-refractivity contribution >= 4 is 5.91 Å². The van der Waals surface area contributed by atoms with Gasteiger partial charge in [-0.2, -0.15) is 0 Å². The molecule has 0 aromatic carbocycles. The minimum Gasteiger partial charge on any atom is -0.394 e. The number of aliphatic hydroxyl groups is 5. The van der Waals surface area contributed by atoms with Crippen molar-refractivity contribution in [2.45, 2.75) is 281 Å². The zero-order valence-electron chi connectivity index (χ0n) is 37.8. The number of nitrogens with one attached hydrogen (secondary N) is 1. The quantitative estimate of drug-likeness (QED) is 0.0263. The van der Waals surface area contributed by atoms with E-state index in [0.29, 0.717) is 12.8 Å².